The molecule has 0 fully saturated rings. The molecule has 18 heavy (non-hydrogen) atoms. The van der Waals surface area contributed by atoms with E-state index in [0.29, 0.717) is 11.7 Å². The molecule has 0 bridgehead atoms. The first-order valence-corrected chi connectivity index (χ1v) is 5.99. The lowest BCUT2D eigenvalue weighted by Gasteiger charge is -2.17. The third kappa shape index (κ3) is 3.47. The first-order valence-electron chi connectivity index (χ1n) is 5.99. The summed E-state index contributed by atoms with van der Waals surface area (Å²) in [5.74, 6) is 0.787. The molecular formula is C14H21NO3. The van der Waals surface area contributed by atoms with Crippen LogP contribution in [0.2, 0.25) is 0 Å². The third-order valence-electron chi connectivity index (χ3n) is 2.93. The number of nitrogens with two attached hydrogens (primary N) is 1. The summed E-state index contributed by atoms with van der Waals surface area (Å²) in [6, 6.07) is 5.49. The van der Waals surface area contributed by atoms with Gasteiger partial charge in [0.2, 0.25) is 0 Å². The Morgan fingerprint density at radius 3 is 2.50 bits per heavy atom. The van der Waals surface area contributed by atoms with E-state index in [2.05, 4.69) is 18.6 Å². The molecule has 100 valence electrons. The number of carbonyl (C=O) groups is 1. The van der Waals surface area contributed by atoms with E-state index in [1.807, 2.05) is 18.2 Å². The highest BCUT2D eigenvalue weighted by Gasteiger charge is 2.17. The van der Waals surface area contributed by atoms with E-state index in [0.717, 1.165) is 5.56 Å². The maximum Gasteiger partial charge on any atom is 0.307 e. The van der Waals surface area contributed by atoms with Gasteiger partial charge in [-0.25, -0.2) is 0 Å². The maximum absolute atomic E-state index is 11.3. The summed E-state index contributed by atoms with van der Waals surface area (Å²) in [6.07, 6.45) is 0.147. The van der Waals surface area contributed by atoms with Crippen LogP contribution in [0.4, 0.5) is 0 Å². The smallest absolute Gasteiger partial charge is 0.307 e. The number of methoxy groups -OCH3 is 2. The summed E-state index contributed by atoms with van der Waals surface area (Å²) in [5.41, 5.74) is 8.05. The van der Waals surface area contributed by atoms with Gasteiger partial charge in [0.1, 0.15) is 5.75 Å². The molecule has 0 radical (unpaired) electrons. The van der Waals surface area contributed by atoms with E-state index in [9.17, 15) is 4.79 Å². The third-order valence-corrected chi connectivity index (χ3v) is 2.93. The molecule has 4 heteroatoms. The van der Waals surface area contributed by atoms with Gasteiger partial charge in [-0.3, -0.25) is 4.79 Å². The van der Waals surface area contributed by atoms with Gasteiger partial charge >= 0.3 is 5.97 Å². The molecule has 0 unspecified atom stereocenters. The highest BCUT2D eigenvalue weighted by atomic mass is 16.5. The molecule has 1 aromatic carbocycles. The Balaban J connectivity index is 3.03. The predicted molar refractivity (Wildman–Crippen MR) is 70.6 cm³/mol. The summed E-state index contributed by atoms with van der Waals surface area (Å²) < 4.78 is 9.92. The van der Waals surface area contributed by atoms with E-state index in [1.165, 1.54) is 12.7 Å². The predicted octanol–water partition coefficient (Wildman–Crippen LogP) is 2.38. The largest absolute Gasteiger partial charge is 0.496 e. The SMILES string of the molecule is COC(=O)C[C@H](N)c1cc(C(C)C)ccc1OC. The number of ether oxygens (including phenoxy) is 2. The average Bonchev–Trinajstić information content (AvgIpc) is 2.37. The van der Waals surface area contributed by atoms with Crippen molar-refractivity contribution in [2.45, 2.75) is 32.2 Å². The van der Waals surface area contributed by atoms with Crippen LogP contribution in [0.15, 0.2) is 18.2 Å². The van der Waals surface area contributed by atoms with Crippen molar-refractivity contribution in [3.05, 3.63) is 29.3 Å². The molecule has 0 aliphatic rings. The minimum atomic E-state index is -0.411. The minimum Gasteiger partial charge on any atom is -0.496 e. The summed E-state index contributed by atoms with van der Waals surface area (Å²) in [4.78, 5) is 11.3. The highest BCUT2D eigenvalue weighted by Crippen LogP contribution is 2.29. The van der Waals surface area contributed by atoms with Crippen molar-refractivity contribution in [1.82, 2.24) is 0 Å². The van der Waals surface area contributed by atoms with Crippen LogP contribution in [0.5, 0.6) is 5.75 Å². The molecular weight excluding hydrogens is 230 g/mol. The number of carbonyl (C=O) groups excluding carboxylic acids is 1. The molecule has 0 saturated heterocycles. The van der Waals surface area contributed by atoms with Crippen molar-refractivity contribution >= 4 is 5.97 Å². The highest BCUT2D eigenvalue weighted by molar-refractivity contribution is 5.70. The number of hydrogen-bond acceptors (Lipinski definition) is 4. The summed E-state index contributed by atoms with van der Waals surface area (Å²) in [6.45, 7) is 4.22. The zero-order valence-corrected chi connectivity index (χ0v) is 11.4. The second-order valence-corrected chi connectivity index (χ2v) is 4.54. The number of esters is 1. The average molecular weight is 251 g/mol. The molecule has 1 aromatic rings. The fourth-order valence-corrected chi connectivity index (χ4v) is 1.77. The fraction of sp³-hybridized carbons (Fsp3) is 0.500. The van der Waals surface area contributed by atoms with Gasteiger partial charge in [0.25, 0.3) is 0 Å². The summed E-state index contributed by atoms with van der Waals surface area (Å²) in [7, 11) is 2.95. The molecule has 0 aliphatic carbocycles. The molecule has 2 N–H and O–H groups in total. The second-order valence-electron chi connectivity index (χ2n) is 4.54. The Morgan fingerprint density at radius 2 is 2.00 bits per heavy atom. The molecule has 0 saturated carbocycles. The number of rotatable bonds is 5. The van der Waals surface area contributed by atoms with Crippen LogP contribution in [0.25, 0.3) is 0 Å². The van der Waals surface area contributed by atoms with Crippen LogP contribution in [0, 0.1) is 0 Å². The Kier molecular flexibility index (Phi) is 5.16. The van der Waals surface area contributed by atoms with Crippen molar-refractivity contribution < 1.29 is 14.3 Å². The Bertz CT molecular complexity index is 416. The topological polar surface area (TPSA) is 61.5 Å². The lowest BCUT2D eigenvalue weighted by molar-refractivity contribution is -0.141. The normalized spacial score (nSPS) is 12.3. The molecule has 4 nitrogen and oxygen atoms in total. The van der Waals surface area contributed by atoms with Crippen molar-refractivity contribution in [1.29, 1.82) is 0 Å². The molecule has 0 heterocycles. The molecule has 1 rings (SSSR count). The first-order chi connectivity index (χ1) is 8.49. The molecule has 1 atom stereocenters. The van der Waals surface area contributed by atoms with Crippen molar-refractivity contribution in [3.8, 4) is 5.75 Å². The van der Waals surface area contributed by atoms with Crippen molar-refractivity contribution in [2.75, 3.05) is 14.2 Å². The molecule has 0 amide bonds. The quantitative estimate of drug-likeness (QED) is 0.816. The Labute approximate surface area is 108 Å². The van der Waals surface area contributed by atoms with Gasteiger partial charge < -0.3 is 15.2 Å². The molecule has 0 aromatic heterocycles. The molecule has 0 aliphatic heterocycles. The van der Waals surface area contributed by atoms with Crippen LogP contribution in [-0.2, 0) is 9.53 Å². The van der Waals surface area contributed by atoms with Crippen LogP contribution < -0.4 is 10.5 Å². The van der Waals surface area contributed by atoms with Gasteiger partial charge in [-0.2, -0.15) is 0 Å². The van der Waals surface area contributed by atoms with Gasteiger partial charge in [-0.1, -0.05) is 26.0 Å². The second kappa shape index (κ2) is 6.40. The summed E-state index contributed by atoms with van der Waals surface area (Å²) >= 11 is 0. The van der Waals surface area contributed by atoms with E-state index >= 15 is 0 Å². The lowest BCUT2D eigenvalue weighted by Crippen LogP contribution is -2.17. The van der Waals surface area contributed by atoms with Crippen molar-refractivity contribution in [2.24, 2.45) is 5.73 Å². The van der Waals surface area contributed by atoms with Gasteiger partial charge in [-0.15, -0.1) is 0 Å². The zero-order chi connectivity index (χ0) is 13.7. The first kappa shape index (κ1) is 14.5. The standard InChI is InChI=1S/C14H21NO3/c1-9(2)10-5-6-13(17-3)11(7-10)12(15)8-14(16)18-4/h5-7,9,12H,8,15H2,1-4H3/t12-/m0/s1. The van der Waals surface area contributed by atoms with Gasteiger partial charge in [-0.05, 0) is 17.5 Å². The van der Waals surface area contributed by atoms with Crippen LogP contribution in [0.1, 0.15) is 43.4 Å². The van der Waals surface area contributed by atoms with Gasteiger partial charge in [0.05, 0.1) is 20.6 Å². The number of hydrogen-bond donors (Lipinski definition) is 1. The van der Waals surface area contributed by atoms with E-state index in [-0.39, 0.29) is 12.4 Å². The maximum atomic E-state index is 11.3. The van der Waals surface area contributed by atoms with Gasteiger partial charge in [0, 0.05) is 11.6 Å². The summed E-state index contributed by atoms with van der Waals surface area (Å²) in [5, 5.41) is 0. The van der Waals surface area contributed by atoms with E-state index < -0.39 is 6.04 Å². The van der Waals surface area contributed by atoms with Crippen LogP contribution in [-0.4, -0.2) is 20.2 Å². The van der Waals surface area contributed by atoms with Crippen molar-refractivity contribution in [3.63, 3.8) is 0 Å². The van der Waals surface area contributed by atoms with E-state index in [1.54, 1.807) is 7.11 Å². The van der Waals surface area contributed by atoms with Gasteiger partial charge in [0.15, 0.2) is 0 Å². The monoisotopic (exact) mass is 251 g/mol. The Morgan fingerprint density at radius 1 is 1.33 bits per heavy atom. The lowest BCUT2D eigenvalue weighted by atomic mass is 9.96. The van der Waals surface area contributed by atoms with Crippen LogP contribution in [0.3, 0.4) is 0 Å². The molecule has 0 spiro atoms. The van der Waals surface area contributed by atoms with E-state index in [4.69, 9.17) is 10.5 Å². The fourth-order valence-electron chi connectivity index (χ4n) is 1.77. The number of benzene rings is 1. The van der Waals surface area contributed by atoms with Crippen LogP contribution >= 0.6 is 0 Å². The minimum absolute atomic E-state index is 0.147. The zero-order valence-electron chi connectivity index (χ0n) is 11.4. The Hall–Kier alpha value is -1.55.